The molecule has 0 aliphatic heterocycles. The number of urea groups is 1. The van der Waals surface area contributed by atoms with E-state index in [4.69, 9.17) is 4.74 Å². The number of thiazole rings is 1. The van der Waals surface area contributed by atoms with Crippen LogP contribution in [0, 0.1) is 0 Å². The fourth-order valence-corrected chi connectivity index (χ4v) is 3.64. The van der Waals surface area contributed by atoms with Crippen molar-refractivity contribution in [2.24, 2.45) is 0 Å². The molecule has 3 rings (SSSR count). The number of methoxy groups -OCH3 is 1. The van der Waals surface area contributed by atoms with E-state index in [1.807, 2.05) is 0 Å². The summed E-state index contributed by atoms with van der Waals surface area (Å²) in [5.74, 6) is 0.0560. The van der Waals surface area contributed by atoms with Crippen LogP contribution in [0.15, 0.2) is 54.7 Å². The summed E-state index contributed by atoms with van der Waals surface area (Å²) in [6.07, 6.45) is -2.67. The van der Waals surface area contributed by atoms with Crippen LogP contribution >= 0.6 is 11.3 Å². The number of nitrogens with one attached hydrogen (secondary N) is 3. The van der Waals surface area contributed by atoms with Crippen molar-refractivity contribution < 1.29 is 32.2 Å². The molecule has 0 atom stereocenters. The summed E-state index contributed by atoms with van der Waals surface area (Å²) in [6.45, 7) is 0.123. The zero-order chi connectivity index (χ0) is 24.6. The predicted octanol–water partition coefficient (Wildman–Crippen LogP) is 4.79. The minimum absolute atomic E-state index is 0.0472. The second-order valence-corrected chi connectivity index (χ2v) is 8.02. The van der Waals surface area contributed by atoms with Crippen LogP contribution in [0.2, 0.25) is 0 Å². The maximum Gasteiger partial charge on any atom is 0.573 e. The molecule has 0 saturated heterocycles. The molecule has 8 nitrogen and oxygen atoms in total. The van der Waals surface area contributed by atoms with Crippen molar-refractivity contribution in [3.63, 3.8) is 0 Å². The monoisotopic (exact) mass is 494 g/mol. The number of hydrogen-bond acceptors (Lipinski definition) is 6. The van der Waals surface area contributed by atoms with Gasteiger partial charge >= 0.3 is 12.4 Å². The first kappa shape index (κ1) is 24.8. The first-order valence-corrected chi connectivity index (χ1v) is 10.8. The van der Waals surface area contributed by atoms with Gasteiger partial charge in [-0.1, -0.05) is 12.1 Å². The summed E-state index contributed by atoms with van der Waals surface area (Å²) in [4.78, 5) is 29.0. The lowest BCUT2D eigenvalue weighted by Gasteiger charge is -2.09. The van der Waals surface area contributed by atoms with E-state index in [9.17, 15) is 22.8 Å². The molecule has 2 aromatic carbocycles. The third-order valence-electron chi connectivity index (χ3n) is 4.32. The number of anilines is 2. The Labute approximate surface area is 197 Å². The van der Waals surface area contributed by atoms with Gasteiger partial charge in [0.05, 0.1) is 7.11 Å². The fourth-order valence-electron chi connectivity index (χ4n) is 2.78. The van der Waals surface area contributed by atoms with Crippen LogP contribution in [0.3, 0.4) is 0 Å². The number of carbonyl (C=O) groups excluding carboxylic acids is 2. The summed E-state index contributed by atoms with van der Waals surface area (Å²) in [7, 11) is 1.55. The van der Waals surface area contributed by atoms with Gasteiger partial charge < -0.3 is 25.4 Å². The van der Waals surface area contributed by atoms with Crippen LogP contribution in [-0.2, 0) is 11.2 Å². The molecule has 0 unspecified atom stereocenters. The van der Waals surface area contributed by atoms with E-state index in [0.29, 0.717) is 23.0 Å². The molecule has 0 bridgehead atoms. The van der Waals surface area contributed by atoms with Crippen LogP contribution in [-0.4, -0.2) is 36.9 Å². The van der Waals surface area contributed by atoms with Gasteiger partial charge in [0.25, 0.3) is 0 Å². The van der Waals surface area contributed by atoms with Gasteiger partial charge in [0, 0.05) is 36.1 Å². The van der Waals surface area contributed by atoms with E-state index in [1.165, 1.54) is 35.6 Å². The molecule has 1 heterocycles. The first-order valence-electron chi connectivity index (χ1n) is 9.98. The Bertz CT molecular complexity index is 1100. The van der Waals surface area contributed by atoms with Gasteiger partial charge in [-0.05, 0) is 42.0 Å². The molecule has 34 heavy (non-hydrogen) atoms. The van der Waals surface area contributed by atoms with Crippen LogP contribution in [0.25, 0.3) is 0 Å². The van der Waals surface area contributed by atoms with E-state index in [1.54, 1.807) is 37.6 Å². The molecule has 12 heteroatoms. The molecule has 0 fully saturated rings. The number of aromatic nitrogens is 1. The quantitative estimate of drug-likeness (QED) is 0.397. The zero-order valence-corrected chi connectivity index (χ0v) is 18.8. The largest absolute Gasteiger partial charge is 0.573 e. The average molecular weight is 494 g/mol. The Kier molecular flexibility index (Phi) is 8.30. The maximum absolute atomic E-state index is 12.2. The fraction of sp³-hybridized carbons (Fsp3) is 0.227. The summed E-state index contributed by atoms with van der Waals surface area (Å²) in [5.41, 5.74) is 1.35. The Morgan fingerprint density at radius 1 is 1.00 bits per heavy atom. The number of ether oxygens (including phenoxy) is 2. The second kappa shape index (κ2) is 11.4. The smallest absolute Gasteiger partial charge is 0.497 e. The van der Waals surface area contributed by atoms with Gasteiger partial charge in [-0.2, -0.15) is 0 Å². The first-order chi connectivity index (χ1) is 16.2. The van der Waals surface area contributed by atoms with Gasteiger partial charge in [0.2, 0.25) is 5.91 Å². The van der Waals surface area contributed by atoms with Gasteiger partial charge in [-0.25, -0.2) is 9.78 Å². The van der Waals surface area contributed by atoms with Crippen molar-refractivity contribution in [3.05, 3.63) is 65.2 Å². The van der Waals surface area contributed by atoms with E-state index in [0.717, 1.165) is 10.4 Å². The van der Waals surface area contributed by atoms with Gasteiger partial charge in [-0.15, -0.1) is 24.5 Å². The van der Waals surface area contributed by atoms with E-state index in [2.05, 4.69) is 25.7 Å². The Morgan fingerprint density at radius 2 is 1.68 bits per heavy atom. The third-order valence-corrected chi connectivity index (χ3v) is 5.23. The number of amides is 3. The highest BCUT2D eigenvalue weighted by Crippen LogP contribution is 2.25. The number of nitrogens with zero attached hydrogens (tertiary/aromatic N) is 1. The number of rotatable bonds is 9. The lowest BCUT2D eigenvalue weighted by molar-refractivity contribution is -0.274. The number of carbonyl (C=O) groups is 2. The summed E-state index contributed by atoms with van der Waals surface area (Å²) in [5, 5.41) is 8.29. The van der Waals surface area contributed by atoms with Crippen molar-refractivity contribution >= 4 is 34.1 Å². The molecule has 3 N–H and O–H groups in total. The van der Waals surface area contributed by atoms with E-state index < -0.39 is 12.4 Å². The number of alkyl halides is 3. The molecule has 0 spiro atoms. The van der Waals surface area contributed by atoms with Crippen molar-refractivity contribution in [2.45, 2.75) is 19.2 Å². The lowest BCUT2D eigenvalue weighted by Crippen LogP contribution is -2.31. The molecule has 0 radical (unpaired) electrons. The van der Waals surface area contributed by atoms with Gasteiger partial charge in [0.1, 0.15) is 11.5 Å². The molecule has 1 aromatic heterocycles. The SMILES string of the molecule is COc1ccc(NC(=O)NCCC(=O)Nc2ncc(Cc3ccc(OC(F)(F)F)cc3)s2)cc1. The van der Waals surface area contributed by atoms with Crippen molar-refractivity contribution in [3.8, 4) is 11.5 Å². The molecule has 3 amide bonds. The Hall–Kier alpha value is -3.80. The zero-order valence-electron chi connectivity index (χ0n) is 17.9. The highest BCUT2D eigenvalue weighted by Gasteiger charge is 2.30. The number of hydrogen-bond donors (Lipinski definition) is 3. The number of benzene rings is 2. The van der Waals surface area contributed by atoms with Gasteiger partial charge in [-0.3, -0.25) is 4.79 Å². The van der Waals surface area contributed by atoms with Crippen molar-refractivity contribution in [2.75, 3.05) is 24.3 Å². The number of halogens is 3. The Morgan fingerprint density at radius 3 is 2.32 bits per heavy atom. The molecule has 3 aromatic rings. The summed E-state index contributed by atoms with van der Waals surface area (Å²) < 4.78 is 45.6. The molecular weight excluding hydrogens is 473 g/mol. The van der Waals surface area contributed by atoms with Crippen molar-refractivity contribution in [1.29, 1.82) is 0 Å². The normalized spacial score (nSPS) is 10.9. The summed E-state index contributed by atoms with van der Waals surface area (Å²) >= 11 is 1.25. The average Bonchev–Trinajstić information content (AvgIpc) is 3.21. The van der Waals surface area contributed by atoms with Gasteiger partial charge in [0.15, 0.2) is 5.13 Å². The minimum atomic E-state index is -4.73. The molecule has 0 aliphatic rings. The molecule has 180 valence electrons. The highest BCUT2D eigenvalue weighted by molar-refractivity contribution is 7.15. The molecular formula is C22H21F3N4O4S. The third kappa shape index (κ3) is 8.28. The topological polar surface area (TPSA) is 102 Å². The van der Waals surface area contributed by atoms with Crippen LogP contribution in [0.5, 0.6) is 11.5 Å². The van der Waals surface area contributed by atoms with Crippen LogP contribution in [0.4, 0.5) is 28.8 Å². The maximum atomic E-state index is 12.2. The Balaban J connectivity index is 1.39. The standard InChI is InChI=1S/C22H21F3N4O4S/c1-32-16-8-4-15(5-9-16)28-20(31)26-11-10-19(30)29-21-27-13-18(34-21)12-14-2-6-17(7-3-14)33-22(23,24)25/h2-9,13H,10-12H2,1H3,(H2,26,28,31)(H,27,29,30). The predicted molar refractivity (Wildman–Crippen MR) is 121 cm³/mol. The van der Waals surface area contributed by atoms with E-state index in [-0.39, 0.29) is 24.6 Å². The van der Waals surface area contributed by atoms with E-state index >= 15 is 0 Å². The lowest BCUT2D eigenvalue weighted by atomic mass is 10.1. The molecule has 0 saturated carbocycles. The second-order valence-electron chi connectivity index (χ2n) is 6.91. The van der Waals surface area contributed by atoms with Crippen LogP contribution < -0.4 is 25.4 Å². The highest BCUT2D eigenvalue weighted by atomic mass is 32.1. The molecule has 0 aliphatic carbocycles. The van der Waals surface area contributed by atoms with Crippen LogP contribution in [0.1, 0.15) is 16.9 Å². The summed E-state index contributed by atoms with van der Waals surface area (Å²) in [6, 6.07) is 11.9. The minimum Gasteiger partial charge on any atom is -0.497 e. The van der Waals surface area contributed by atoms with Crippen molar-refractivity contribution in [1.82, 2.24) is 10.3 Å².